The van der Waals surface area contributed by atoms with Crippen molar-refractivity contribution in [3.63, 3.8) is 0 Å². The molecule has 4 nitrogen and oxygen atoms in total. The number of anilines is 2. The van der Waals surface area contributed by atoms with Crippen molar-refractivity contribution >= 4 is 11.5 Å². The number of pyridine rings is 1. The lowest BCUT2D eigenvalue weighted by Gasteiger charge is -2.13. The Kier molecular flexibility index (Phi) is 4.81. The predicted molar refractivity (Wildman–Crippen MR) is 74.9 cm³/mol. The molecular formula is C14H23N3O. The number of aliphatic hydroxyl groups is 1. The monoisotopic (exact) mass is 249 g/mol. The summed E-state index contributed by atoms with van der Waals surface area (Å²) in [6, 6.07) is 4.03. The molecule has 2 atom stereocenters. The molecule has 1 fully saturated rings. The number of nitrogens with one attached hydrogen (secondary N) is 2. The molecule has 1 saturated carbocycles. The number of rotatable bonds is 6. The topological polar surface area (TPSA) is 57.2 Å². The van der Waals surface area contributed by atoms with Crippen molar-refractivity contribution in [3.05, 3.63) is 18.3 Å². The lowest BCUT2D eigenvalue weighted by molar-refractivity contribution is 0.178. The lowest BCUT2D eigenvalue weighted by atomic mass is 10.1. The first-order valence-corrected chi connectivity index (χ1v) is 6.89. The van der Waals surface area contributed by atoms with E-state index < -0.39 is 0 Å². The Labute approximate surface area is 109 Å². The van der Waals surface area contributed by atoms with Gasteiger partial charge in [0.25, 0.3) is 0 Å². The summed E-state index contributed by atoms with van der Waals surface area (Å²) >= 11 is 0. The van der Waals surface area contributed by atoms with Crippen molar-refractivity contribution in [2.45, 2.75) is 38.7 Å². The summed E-state index contributed by atoms with van der Waals surface area (Å²) in [5.74, 6) is 1.52. The van der Waals surface area contributed by atoms with Crippen LogP contribution in [-0.2, 0) is 0 Å². The van der Waals surface area contributed by atoms with Gasteiger partial charge >= 0.3 is 0 Å². The summed E-state index contributed by atoms with van der Waals surface area (Å²) in [5, 5.41) is 16.2. The Bertz CT molecular complexity index is 370. The summed E-state index contributed by atoms with van der Waals surface area (Å²) in [6.07, 6.45) is 5.84. The zero-order chi connectivity index (χ0) is 12.8. The number of aliphatic hydroxyl groups excluding tert-OH is 1. The molecule has 0 aliphatic heterocycles. The second-order valence-electron chi connectivity index (χ2n) is 5.07. The molecule has 4 heteroatoms. The van der Waals surface area contributed by atoms with Gasteiger partial charge in [-0.3, -0.25) is 0 Å². The molecule has 1 aromatic heterocycles. The first-order chi connectivity index (χ1) is 8.78. The summed E-state index contributed by atoms with van der Waals surface area (Å²) in [4.78, 5) is 4.28. The average molecular weight is 249 g/mol. The Balaban J connectivity index is 1.81. The summed E-state index contributed by atoms with van der Waals surface area (Å²) in [5.41, 5.74) is 1.10. The van der Waals surface area contributed by atoms with Gasteiger partial charge in [-0.05, 0) is 37.7 Å². The van der Waals surface area contributed by atoms with E-state index in [1.54, 1.807) is 0 Å². The van der Waals surface area contributed by atoms with Crippen LogP contribution in [0, 0.1) is 5.92 Å². The highest BCUT2D eigenvalue weighted by Crippen LogP contribution is 2.25. The SMILES string of the molecule is CCCNc1cc(NCC2CCC(O)C2)ccn1. The molecule has 1 heterocycles. The van der Waals surface area contributed by atoms with Crippen LogP contribution in [0.25, 0.3) is 0 Å². The zero-order valence-corrected chi connectivity index (χ0v) is 11.0. The van der Waals surface area contributed by atoms with Gasteiger partial charge in [-0.25, -0.2) is 4.98 Å². The molecule has 3 N–H and O–H groups in total. The fourth-order valence-electron chi connectivity index (χ4n) is 2.39. The molecule has 0 saturated heterocycles. The van der Waals surface area contributed by atoms with Crippen LogP contribution < -0.4 is 10.6 Å². The van der Waals surface area contributed by atoms with E-state index in [9.17, 15) is 5.11 Å². The van der Waals surface area contributed by atoms with Gasteiger partial charge in [0.1, 0.15) is 5.82 Å². The van der Waals surface area contributed by atoms with Gasteiger partial charge in [0.05, 0.1) is 6.10 Å². The van der Waals surface area contributed by atoms with Crippen LogP contribution in [0.3, 0.4) is 0 Å². The molecule has 2 rings (SSSR count). The molecular weight excluding hydrogens is 226 g/mol. The maximum absolute atomic E-state index is 9.49. The Morgan fingerprint density at radius 1 is 1.39 bits per heavy atom. The summed E-state index contributed by atoms with van der Waals surface area (Å²) in [6.45, 7) is 4.03. The van der Waals surface area contributed by atoms with Crippen LogP contribution in [0.15, 0.2) is 18.3 Å². The van der Waals surface area contributed by atoms with Crippen molar-refractivity contribution < 1.29 is 5.11 Å². The van der Waals surface area contributed by atoms with Crippen LogP contribution in [0.5, 0.6) is 0 Å². The van der Waals surface area contributed by atoms with Crippen LogP contribution in [0.4, 0.5) is 11.5 Å². The Morgan fingerprint density at radius 2 is 2.28 bits per heavy atom. The van der Waals surface area contributed by atoms with Crippen molar-refractivity contribution in [2.24, 2.45) is 5.92 Å². The minimum atomic E-state index is -0.0870. The van der Waals surface area contributed by atoms with Gasteiger partial charge in [0.2, 0.25) is 0 Å². The van der Waals surface area contributed by atoms with E-state index in [1.165, 1.54) is 0 Å². The van der Waals surface area contributed by atoms with Crippen LogP contribution in [-0.4, -0.2) is 29.3 Å². The maximum atomic E-state index is 9.49. The molecule has 0 bridgehead atoms. The molecule has 100 valence electrons. The first-order valence-electron chi connectivity index (χ1n) is 6.89. The second kappa shape index (κ2) is 6.59. The quantitative estimate of drug-likeness (QED) is 0.725. The largest absolute Gasteiger partial charge is 0.393 e. The first kappa shape index (κ1) is 13.1. The normalized spacial score (nSPS) is 23.0. The third-order valence-electron chi connectivity index (χ3n) is 3.42. The van der Waals surface area contributed by atoms with Crippen LogP contribution in [0.1, 0.15) is 32.6 Å². The highest BCUT2D eigenvalue weighted by Gasteiger charge is 2.22. The minimum absolute atomic E-state index is 0.0870. The molecule has 0 aromatic carbocycles. The lowest BCUT2D eigenvalue weighted by Crippen LogP contribution is -2.13. The summed E-state index contributed by atoms with van der Waals surface area (Å²) in [7, 11) is 0. The van der Waals surface area contributed by atoms with Crippen LogP contribution >= 0.6 is 0 Å². The van der Waals surface area contributed by atoms with Crippen molar-refractivity contribution in [1.82, 2.24) is 4.98 Å². The molecule has 1 aromatic rings. The Morgan fingerprint density at radius 3 is 3.00 bits per heavy atom. The van der Waals surface area contributed by atoms with Gasteiger partial charge in [0, 0.05) is 31.0 Å². The molecule has 18 heavy (non-hydrogen) atoms. The number of nitrogens with zero attached hydrogens (tertiary/aromatic N) is 1. The number of aromatic nitrogens is 1. The molecule has 0 spiro atoms. The third-order valence-corrected chi connectivity index (χ3v) is 3.42. The van der Waals surface area contributed by atoms with Gasteiger partial charge in [-0.15, -0.1) is 0 Å². The van der Waals surface area contributed by atoms with Crippen molar-refractivity contribution in [3.8, 4) is 0 Å². The Hall–Kier alpha value is -1.29. The van der Waals surface area contributed by atoms with Gasteiger partial charge in [-0.2, -0.15) is 0 Å². The van der Waals surface area contributed by atoms with E-state index in [0.717, 1.165) is 50.3 Å². The van der Waals surface area contributed by atoms with E-state index in [0.29, 0.717) is 5.92 Å². The molecule has 0 radical (unpaired) electrons. The van der Waals surface area contributed by atoms with E-state index in [-0.39, 0.29) is 6.10 Å². The standard InChI is InChI=1S/C14H23N3O/c1-2-6-15-14-9-12(5-7-16-14)17-10-11-3-4-13(18)8-11/h5,7,9,11,13,18H,2-4,6,8,10H2,1H3,(H2,15,16,17). The van der Waals surface area contributed by atoms with Crippen molar-refractivity contribution in [1.29, 1.82) is 0 Å². The third kappa shape index (κ3) is 3.88. The smallest absolute Gasteiger partial charge is 0.127 e. The van der Waals surface area contributed by atoms with E-state index >= 15 is 0 Å². The van der Waals surface area contributed by atoms with E-state index in [1.807, 2.05) is 18.3 Å². The molecule has 0 amide bonds. The fourth-order valence-corrected chi connectivity index (χ4v) is 2.39. The highest BCUT2D eigenvalue weighted by atomic mass is 16.3. The second-order valence-corrected chi connectivity index (χ2v) is 5.07. The molecule has 2 unspecified atom stereocenters. The van der Waals surface area contributed by atoms with Gasteiger partial charge in [0.15, 0.2) is 0 Å². The zero-order valence-electron chi connectivity index (χ0n) is 11.0. The van der Waals surface area contributed by atoms with E-state index in [2.05, 4.69) is 22.5 Å². The minimum Gasteiger partial charge on any atom is -0.393 e. The summed E-state index contributed by atoms with van der Waals surface area (Å²) < 4.78 is 0. The highest BCUT2D eigenvalue weighted by molar-refractivity contribution is 5.51. The fraction of sp³-hybridized carbons (Fsp3) is 0.643. The number of hydrogen-bond donors (Lipinski definition) is 3. The van der Waals surface area contributed by atoms with Gasteiger partial charge < -0.3 is 15.7 Å². The average Bonchev–Trinajstić information content (AvgIpc) is 2.80. The maximum Gasteiger partial charge on any atom is 0.127 e. The molecule has 1 aliphatic rings. The van der Waals surface area contributed by atoms with Gasteiger partial charge in [-0.1, -0.05) is 6.92 Å². The van der Waals surface area contributed by atoms with Crippen molar-refractivity contribution in [2.75, 3.05) is 23.7 Å². The molecule has 1 aliphatic carbocycles. The van der Waals surface area contributed by atoms with E-state index in [4.69, 9.17) is 0 Å². The number of hydrogen-bond acceptors (Lipinski definition) is 4. The van der Waals surface area contributed by atoms with Crippen LogP contribution in [0.2, 0.25) is 0 Å². The predicted octanol–water partition coefficient (Wildman–Crippen LogP) is 2.48.